The van der Waals surface area contributed by atoms with Gasteiger partial charge in [0.25, 0.3) is 5.78 Å². The standard InChI is InChI=1S/C20H34N4O/c1-2-3-4-5-6-7-8-9-10-11-12-13-14-15-18-16-19(25)24-20(23-18)21-17-22-24/h16-17,25H,2-15H2,1H3. The number of hydrogen-bond acceptors (Lipinski definition) is 4. The highest BCUT2D eigenvalue weighted by Crippen LogP contribution is 2.15. The maximum absolute atomic E-state index is 9.87. The molecule has 0 spiro atoms. The van der Waals surface area contributed by atoms with Gasteiger partial charge in [-0.05, 0) is 12.8 Å². The van der Waals surface area contributed by atoms with Gasteiger partial charge in [-0.2, -0.15) is 14.6 Å². The quantitative estimate of drug-likeness (QED) is 0.461. The Morgan fingerprint density at radius 2 is 1.40 bits per heavy atom. The van der Waals surface area contributed by atoms with Crippen molar-refractivity contribution in [2.24, 2.45) is 0 Å². The summed E-state index contributed by atoms with van der Waals surface area (Å²) in [7, 11) is 0. The van der Waals surface area contributed by atoms with Crippen LogP contribution in [0.3, 0.4) is 0 Å². The molecule has 0 aliphatic rings. The lowest BCUT2D eigenvalue weighted by atomic mass is 10.0. The Bertz CT molecular complexity index is 596. The molecule has 0 bridgehead atoms. The fourth-order valence-electron chi connectivity index (χ4n) is 3.30. The molecule has 2 aromatic heterocycles. The first kappa shape index (κ1) is 19.7. The molecule has 5 heteroatoms. The van der Waals surface area contributed by atoms with Crippen LogP contribution in [0.4, 0.5) is 0 Å². The molecule has 0 unspecified atom stereocenters. The molecule has 2 rings (SSSR count). The minimum atomic E-state index is 0.118. The van der Waals surface area contributed by atoms with Crippen molar-refractivity contribution in [2.45, 2.75) is 96.8 Å². The molecule has 0 atom stereocenters. The molecule has 0 radical (unpaired) electrons. The maximum Gasteiger partial charge on any atom is 0.255 e. The monoisotopic (exact) mass is 346 g/mol. The highest BCUT2D eigenvalue weighted by molar-refractivity contribution is 5.32. The van der Waals surface area contributed by atoms with Gasteiger partial charge < -0.3 is 5.11 Å². The van der Waals surface area contributed by atoms with E-state index in [1.165, 1.54) is 87.9 Å². The molecule has 0 saturated carbocycles. The Morgan fingerprint density at radius 1 is 0.840 bits per heavy atom. The van der Waals surface area contributed by atoms with Gasteiger partial charge in [0, 0.05) is 11.8 Å². The Kier molecular flexibility index (Phi) is 9.31. The van der Waals surface area contributed by atoms with E-state index in [1.54, 1.807) is 6.07 Å². The van der Waals surface area contributed by atoms with Gasteiger partial charge in [0.1, 0.15) is 6.33 Å². The Balaban J connectivity index is 1.44. The van der Waals surface area contributed by atoms with Gasteiger partial charge in [0.15, 0.2) is 0 Å². The van der Waals surface area contributed by atoms with Crippen molar-refractivity contribution in [3.05, 3.63) is 18.1 Å². The second-order valence-electron chi connectivity index (χ2n) is 7.07. The van der Waals surface area contributed by atoms with Crippen LogP contribution in [0.5, 0.6) is 5.88 Å². The molecule has 0 saturated heterocycles. The molecule has 140 valence electrons. The van der Waals surface area contributed by atoms with E-state index in [0.29, 0.717) is 5.78 Å². The minimum Gasteiger partial charge on any atom is -0.493 e. The molecule has 0 amide bonds. The lowest BCUT2D eigenvalue weighted by molar-refractivity contribution is 0.433. The molecule has 0 fully saturated rings. The normalized spacial score (nSPS) is 11.4. The maximum atomic E-state index is 9.87. The highest BCUT2D eigenvalue weighted by Gasteiger charge is 2.05. The molecule has 25 heavy (non-hydrogen) atoms. The third kappa shape index (κ3) is 7.41. The van der Waals surface area contributed by atoms with E-state index >= 15 is 0 Å². The summed E-state index contributed by atoms with van der Waals surface area (Å²) in [5, 5.41) is 13.8. The fourth-order valence-corrected chi connectivity index (χ4v) is 3.30. The van der Waals surface area contributed by atoms with E-state index in [0.717, 1.165) is 18.5 Å². The van der Waals surface area contributed by atoms with Crippen LogP contribution in [0.2, 0.25) is 0 Å². The molecule has 0 aliphatic heterocycles. The summed E-state index contributed by atoms with van der Waals surface area (Å²) in [6, 6.07) is 1.70. The van der Waals surface area contributed by atoms with Crippen LogP contribution >= 0.6 is 0 Å². The predicted octanol–water partition coefficient (Wildman–Crippen LogP) is 5.46. The summed E-state index contributed by atoms with van der Waals surface area (Å²) in [5.41, 5.74) is 0.904. The average Bonchev–Trinajstić information content (AvgIpc) is 3.08. The SMILES string of the molecule is CCCCCCCCCCCCCCCc1cc(O)n2ncnc2n1. The molecule has 1 N–H and O–H groups in total. The van der Waals surface area contributed by atoms with E-state index in [-0.39, 0.29) is 5.88 Å². The first-order valence-electron chi connectivity index (χ1n) is 10.2. The van der Waals surface area contributed by atoms with E-state index in [2.05, 4.69) is 22.0 Å². The first-order valence-corrected chi connectivity index (χ1v) is 10.2. The van der Waals surface area contributed by atoms with Crippen molar-refractivity contribution < 1.29 is 5.11 Å². The summed E-state index contributed by atoms with van der Waals surface area (Å²) < 4.78 is 1.35. The van der Waals surface area contributed by atoms with Crippen LogP contribution in [-0.4, -0.2) is 24.7 Å². The van der Waals surface area contributed by atoms with Crippen LogP contribution in [0.1, 0.15) is 96.1 Å². The van der Waals surface area contributed by atoms with E-state index in [1.807, 2.05) is 0 Å². The van der Waals surface area contributed by atoms with Gasteiger partial charge in [-0.1, -0.05) is 84.0 Å². The van der Waals surface area contributed by atoms with Crippen molar-refractivity contribution >= 4 is 5.78 Å². The van der Waals surface area contributed by atoms with Gasteiger partial charge >= 0.3 is 0 Å². The summed E-state index contributed by atoms with van der Waals surface area (Å²) in [6.45, 7) is 2.27. The third-order valence-electron chi connectivity index (χ3n) is 4.82. The van der Waals surface area contributed by atoms with E-state index in [4.69, 9.17) is 0 Å². The summed E-state index contributed by atoms with van der Waals surface area (Å²) in [6.07, 6.45) is 19.9. The molecular formula is C20H34N4O. The molecule has 0 aliphatic carbocycles. The van der Waals surface area contributed by atoms with Crippen LogP contribution in [0, 0.1) is 0 Å². The zero-order chi connectivity index (χ0) is 17.7. The van der Waals surface area contributed by atoms with Crippen molar-refractivity contribution in [1.82, 2.24) is 19.6 Å². The summed E-state index contributed by atoms with van der Waals surface area (Å²) in [5.74, 6) is 0.594. The summed E-state index contributed by atoms with van der Waals surface area (Å²) >= 11 is 0. The average molecular weight is 347 g/mol. The predicted molar refractivity (Wildman–Crippen MR) is 102 cm³/mol. The van der Waals surface area contributed by atoms with Crippen molar-refractivity contribution in [1.29, 1.82) is 0 Å². The van der Waals surface area contributed by atoms with E-state index < -0.39 is 0 Å². The van der Waals surface area contributed by atoms with Crippen LogP contribution in [-0.2, 0) is 6.42 Å². The zero-order valence-corrected chi connectivity index (χ0v) is 15.8. The van der Waals surface area contributed by atoms with Crippen LogP contribution < -0.4 is 0 Å². The number of fused-ring (bicyclic) bond motifs is 1. The highest BCUT2D eigenvalue weighted by atomic mass is 16.3. The lowest BCUT2D eigenvalue weighted by Crippen LogP contribution is -1.97. The fraction of sp³-hybridized carbons (Fsp3) is 0.750. The minimum absolute atomic E-state index is 0.118. The van der Waals surface area contributed by atoms with Crippen molar-refractivity contribution in [3.8, 4) is 5.88 Å². The Morgan fingerprint density at radius 3 is 2.00 bits per heavy atom. The van der Waals surface area contributed by atoms with Gasteiger partial charge in [-0.25, -0.2) is 4.98 Å². The van der Waals surface area contributed by atoms with Gasteiger partial charge in [0.05, 0.1) is 0 Å². The first-order chi connectivity index (χ1) is 12.3. The smallest absolute Gasteiger partial charge is 0.255 e. The number of rotatable bonds is 14. The molecule has 5 nitrogen and oxygen atoms in total. The van der Waals surface area contributed by atoms with E-state index in [9.17, 15) is 5.11 Å². The second kappa shape index (κ2) is 11.8. The molecule has 0 aromatic carbocycles. The van der Waals surface area contributed by atoms with Gasteiger partial charge in [0.2, 0.25) is 5.88 Å². The zero-order valence-electron chi connectivity index (χ0n) is 15.8. The van der Waals surface area contributed by atoms with Gasteiger partial charge in [-0.3, -0.25) is 0 Å². The Labute approximate surface area is 151 Å². The lowest BCUT2D eigenvalue weighted by Gasteiger charge is -2.04. The molecule has 2 heterocycles. The van der Waals surface area contributed by atoms with Crippen LogP contribution in [0.15, 0.2) is 12.4 Å². The van der Waals surface area contributed by atoms with Crippen molar-refractivity contribution in [3.63, 3.8) is 0 Å². The van der Waals surface area contributed by atoms with Crippen molar-refractivity contribution in [2.75, 3.05) is 0 Å². The number of aromatic hydroxyl groups is 1. The summed E-state index contributed by atoms with van der Waals surface area (Å²) in [4.78, 5) is 8.45. The Hall–Kier alpha value is -1.65. The topological polar surface area (TPSA) is 63.3 Å². The number of aromatic nitrogens is 4. The van der Waals surface area contributed by atoms with Gasteiger partial charge in [-0.15, -0.1) is 0 Å². The molecule has 2 aromatic rings. The van der Waals surface area contributed by atoms with Crippen LogP contribution in [0.25, 0.3) is 5.78 Å². The third-order valence-corrected chi connectivity index (χ3v) is 4.82. The second-order valence-corrected chi connectivity index (χ2v) is 7.07. The number of unbranched alkanes of at least 4 members (excludes halogenated alkanes) is 12. The number of hydrogen-bond donors (Lipinski definition) is 1. The molecular weight excluding hydrogens is 312 g/mol. The largest absolute Gasteiger partial charge is 0.493 e. The number of nitrogens with zero attached hydrogens (tertiary/aromatic N) is 4. The number of aryl methyl sites for hydroxylation is 1.